The third-order valence-corrected chi connectivity index (χ3v) is 8.46. The number of benzene rings is 4. The number of aliphatic hydroxyl groups is 1. The van der Waals surface area contributed by atoms with Crippen LogP contribution in [0.1, 0.15) is 0 Å². The van der Waals surface area contributed by atoms with Gasteiger partial charge >= 0.3 is 11.4 Å². The number of nitro groups is 2. The first-order chi connectivity index (χ1) is 22.2. The molecule has 0 aromatic heterocycles. The maximum atomic E-state index is 12.5. The number of thioether (sulfide) groups is 2. The molecule has 0 heterocycles. The van der Waals surface area contributed by atoms with Crippen LogP contribution in [-0.4, -0.2) is 57.6 Å². The van der Waals surface area contributed by atoms with Crippen LogP contribution in [0, 0.1) is 20.2 Å². The van der Waals surface area contributed by atoms with Crippen LogP contribution in [0.3, 0.4) is 0 Å². The Morgan fingerprint density at radius 1 is 0.652 bits per heavy atom. The van der Waals surface area contributed by atoms with E-state index in [4.69, 9.17) is 9.47 Å². The van der Waals surface area contributed by atoms with E-state index in [1.165, 1.54) is 59.9 Å². The number of hydrogen-bond acceptors (Lipinski definition) is 11. The van der Waals surface area contributed by atoms with Gasteiger partial charge < -0.3 is 25.2 Å². The lowest BCUT2D eigenvalue weighted by atomic mass is 10.3. The van der Waals surface area contributed by atoms with Crippen molar-refractivity contribution in [3.05, 3.63) is 117 Å². The van der Waals surface area contributed by atoms with Crippen LogP contribution >= 0.6 is 23.5 Å². The highest BCUT2D eigenvalue weighted by atomic mass is 32.2. The molecule has 0 unspecified atom stereocenters. The zero-order valence-corrected chi connectivity index (χ0v) is 25.7. The fourth-order valence-corrected chi connectivity index (χ4v) is 5.96. The summed E-state index contributed by atoms with van der Waals surface area (Å²) < 4.78 is 10.7. The third kappa shape index (κ3) is 9.95. The van der Waals surface area contributed by atoms with E-state index in [9.17, 15) is 34.9 Å². The highest BCUT2D eigenvalue weighted by Crippen LogP contribution is 2.32. The molecule has 0 spiro atoms. The van der Waals surface area contributed by atoms with Gasteiger partial charge in [-0.1, -0.05) is 48.5 Å². The molecule has 4 rings (SSSR count). The summed E-state index contributed by atoms with van der Waals surface area (Å²) in [6.07, 6.45) is -0.758. The van der Waals surface area contributed by atoms with Crippen molar-refractivity contribution in [3.8, 4) is 11.5 Å². The average molecular weight is 665 g/mol. The van der Waals surface area contributed by atoms with Crippen LogP contribution in [-0.2, 0) is 9.59 Å². The van der Waals surface area contributed by atoms with Gasteiger partial charge in [-0.25, -0.2) is 0 Å². The Hall–Kier alpha value is -5.12. The molecule has 0 bridgehead atoms. The first-order valence-electron chi connectivity index (χ1n) is 13.6. The maximum Gasteiger partial charge on any atom is 0.310 e. The molecule has 238 valence electrons. The molecule has 0 fully saturated rings. The second-order valence-corrected chi connectivity index (χ2v) is 11.5. The van der Waals surface area contributed by atoms with Gasteiger partial charge in [-0.3, -0.25) is 29.8 Å². The van der Waals surface area contributed by atoms with Crippen molar-refractivity contribution >= 4 is 58.1 Å². The third-order valence-electron chi connectivity index (χ3n) is 6.03. The van der Waals surface area contributed by atoms with Crippen LogP contribution in [0.2, 0.25) is 0 Å². The number of ether oxygens (including phenoxy) is 2. The molecule has 0 atom stereocenters. The number of carbonyl (C=O) groups excluding carboxylic acids is 2. The minimum Gasteiger partial charge on any atom is -0.477 e. The van der Waals surface area contributed by atoms with E-state index in [1.807, 2.05) is 0 Å². The number of amides is 2. The van der Waals surface area contributed by atoms with Crippen molar-refractivity contribution in [2.45, 2.75) is 15.9 Å². The molecule has 4 aromatic carbocycles. The number of hydrogen-bond donors (Lipinski definition) is 3. The van der Waals surface area contributed by atoms with Crippen LogP contribution < -0.4 is 20.1 Å². The van der Waals surface area contributed by atoms with Crippen molar-refractivity contribution < 1.29 is 34.0 Å². The van der Waals surface area contributed by atoms with E-state index < -0.39 is 41.0 Å². The van der Waals surface area contributed by atoms with Crippen molar-refractivity contribution in [1.82, 2.24) is 0 Å². The van der Waals surface area contributed by atoms with Gasteiger partial charge in [0.05, 0.1) is 27.3 Å². The van der Waals surface area contributed by atoms with Crippen LogP contribution in [0.5, 0.6) is 11.5 Å². The Morgan fingerprint density at radius 2 is 1.02 bits per heavy atom. The van der Waals surface area contributed by atoms with E-state index in [0.29, 0.717) is 32.7 Å². The van der Waals surface area contributed by atoms with E-state index in [2.05, 4.69) is 10.6 Å². The summed E-state index contributed by atoms with van der Waals surface area (Å²) in [7, 11) is 0. The number of anilines is 2. The van der Waals surface area contributed by atoms with Gasteiger partial charge in [0.15, 0.2) is 24.7 Å². The van der Waals surface area contributed by atoms with Gasteiger partial charge in [-0.15, -0.1) is 23.5 Å². The molecule has 3 N–H and O–H groups in total. The second-order valence-electron chi connectivity index (χ2n) is 9.39. The number of carbonyl (C=O) groups is 2. The van der Waals surface area contributed by atoms with Crippen molar-refractivity contribution in [2.24, 2.45) is 0 Å². The molecule has 0 saturated carbocycles. The summed E-state index contributed by atoms with van der Waals surface area (Å²) in [6, 6.07) is 25.6. The Kier molecular flexibility index (Phi) is 12.3. The van der Waals surface area contributed by atoms with Gasteiger partial charge in [-0.05, 0) is 36.4 Å². The number of aliphatic hydroxyl groups excluding tert-OH is 1. The zero-order chi connectivity index (χ0) is 32.9. The summed E-state index contributed by atoms with van der Waals surface area (Å²) in [6.45, 7) is -0.866. The van der Waals surface area contributed by atoms with Gasteiger partial charge in [0.2, 0.25) is 0 Å². The van der Waals surface area contributed by atoms with E-state index in [1.54, 1.807) is 60.7 Å². The molecule has 0 aliphatic rings. The molecular formula is C31H28N4O9S2. The second kappa shape index (κ2) is 16.8. The first kappa shape index (κ1) is 33.8. The summed E-state index contributed by atoms with van der Waals surface area (Å²) in [5.41, 5.74) is 0.515. The number of para-hydroxylation sites is 6. The van der Waals surface area contributed by atoms with Crippen LogP contribution in [0.25, 0.3) is 0 Å². The molecule has 0 saturated heterocycles. The smallest absolute Gasteiger partial charge is 0.310 e. The monoisotopic (exact) mass is 664 g/mol. The quantitative estimate of drug-likeness (QED) is 0.0749. The number of nitrogens with zero attached hydrogens (tertiary/aromatic N) is 2. The fourth-order valence-electron chi connectivity index (χ4n) is 3.93. The molecule has 4 aromatic rings. The Balaban J connectivity index is 1.26. The first-order valence-corrected chi connectivity index (χ1v) is 15.6. The minimum absolute atomic E-state index is 0.0149. The predicted octanol–water partition coefficient (Wildman–Crippen LogP) is 5.78. The summed E-state index contributed by atoms with van der Waals surface area (Å²) >= 11 is 2.67. The van der Waals surface area contributed by atoms with Gasteiger partial charge in [0.1, 0.15) is 0 Å². The van der Waals surface area contributed by atoms with Gasteiger partial charge in [-0.2, -0.15) is 0 Å². The van der Waals surface area contributed by atoms with E-state index in [0.717, 1.165) is 0 Å². The lowest BCUT2D eigenvalue weighted by molar-refractivity contribution is -0.386. The molecule has 15 heteroatoms. The lowest BCUT2D eigenvalue weighted by Crippen LogP contribution is -2.21. The van der Waals surface area contributed by atoms with Gasteiger partial charge in [0.25, 0.3) is 11.8 Å². The van der Waals surface area contributed by atoms with Crippen molar-refractivity contribution in [1.29, 1.82) is 0 Å². The van der Waals surface area contributed by atoms with E-state index in [-0.39, 0.29) is 22.9 Å². The van der Waals surface area contributed by atoms with Crippen LogP contribution in [0.15, 0.2) is 107 Å². The normalized spacial score (nSPS) is 10.7. The number of nitro benzene ring substituents is 2. The zero-order valence-electron chi connectivity index (χ0n) is 24.1. The lowest BCUT2D eigenvalue weighted by Gasteiger charge is -2.15. The molecule has 0 aliphatic carbocycles. The Bertz CT molecular complexity index is 1580. The Labute approximate surface area is 271 Å². The van der Waals surface area contributed by atoms with Crippen molar-refractivity contribution in [3.63, 3.8) is 0 Å². The maximum absolute atomic E-state index is 12.5. The highest BCUT2D eigenvalue weighted by molar-refractivity contribution is 8.00. The fraction of sp³-hybridized carbons (Fsp3) is 0.161. The molecule has 0 radical (unpaired) electrons. The highest BCUT2D eigenvalue weighted by Gasteiger charge is 2.18. The standard InChI is InChI=1S/C31H28N4O9S2/c36-21(19-45-28-15-7-1-9-22(28)32-30(37)17-43-26-13-5-3-11-24(26)34(39)40)20-46-29-16-8-2-10-23(29)33-31(38)18-44-27-14-6-4-12-25(27)35(41)42/h1-16,21,36H,17-20H2,(H,32,37)(H,33,38). The summed E-state index contributed by atoms with van der Waals surface area (Å²) in [4.78, 5) is 47.7. The summed E-state index contributed by atoms with van der Waals surface area (Å²) in [5, 5.41) is 38.5. The van der Waals surface area contributed by atoms with E-state index >= 15 is 0 Å². The molecular weight excluding hydrogens is 636 g/mol. The average Bonchev–Trinajstić information content (AvgIpc) is 3.05. The van der Waals surface area contributed by atoms with Crippen molar-refractivity contribution in [2.75, 3.05) is 35.4 Å². The number of rotatable bonds is 16. The molecule has 13 nitrogen and oxygen atoms in total. The minimum atomic E-state index is -0.758. The predicted molar refractivity (Wildman–Crippen MR) is 175 cm³/mol. The molecule has 2 amide bonds. The Morgan fingerprint density at radius 3 is 1.43 bits per heavy atom. The SMILES string of the molecule is O=C(COc1ccccc1[N+](=O)[O-])Nc1ccccc1SCC(O)CSc1ccccc1NC(=O)COc1ccccc1[N+](=O)[O-]. The molecule has 46 heavy (non-hydrogen) atoms. The topological polar surface area (TPSA) is 183 Å². The number of nitrogens with one attached hydrogen (secondary N) is 2. The van der Waals surface area contributed by atoms with Gasteiger partial charge in [0, 0.05) is 33.4 Å². The summed E-state index contributed by atoms with van der Waals surface area (Å²) in [5.74, 6) is -0.449. The molecule has 0 aliphatic heterocycles. The van der Waals surface area contributed by atoms with Crippen LogP contribution in [0.4, 0.5) is 22.7 Å². The largest absolute Gasteiger partial charge is 0.477 e.